The van der Waals surface area contributed by atoms with Gasteiger partial charge >= 0.3 is 0 Å². The molecular weight excluding hydrogens is 301 g/mol. The zero-order chi connectivity index (χ0) is 13.1. The Kier molecular flexibility index (Phi) is 3.93. The van der Waals surface area contributed by atoms with Gasteiger partial charge in [-0.3, -0.25) is 0 Å². The third-order valence-corrected chi connectivity index (χ3v) is 3.00. The molecule has 0 saturated carbocycles. The van der Waals surface area contributed by atoms with Crippen LogP contribution in [0.5, 0.6) is 11.6 Å². The summed E-state index contributed by atoms with van der Waals surface area (Å²) in [5.41, 5.74) is 0.688. The number of hydrogen-bond donors (Lipinski definition) is 1. The summed E-state index contributed by atoms with van der Waals surface area (Å²) in [6.45, 7) is 1.65. The van der Waals surface area contributed by atoms with Crippen LogP contribution in [0.1, 0.15) is 18.6 Å². The van der Waals surface area contributed by atoms with Crippen LogP contribution in [0.4, 0.5) is 4.39 Å². The second-order valence-electron chi connectivity index (χ2n) is 3.78. The average Bonchev–Trinajstić information content (AvgIpc) is 2.34. The van der Waals surface area contributed by atoms with Gasteiger partial charge in [-0.05, 0) is 46.6 Å². The van der Waals surface area contributed by atoms with E-state index in [4.69, 9.17) is 4.74 Å². The van der Waals surface area contributed by atoms with Gasteiger partial charge in [0.25, 0.3) is 0 Å². The highest BCUT2D eigenvalue weighted by atomic mass is 79.9. The van der Waals surface area contributed by atoms with Gasteiger partial charge in [-0.1, -0.05) is 0 Å². The first-order chi connectivity index (χ1) is 8.56. The first-order valence-electron chi connectivity index (χ1n) is 5.33. The first-order valence-corrected chi connectivity index (χ1v) is 6.12. The summed E-state index contributed by atoms with van der Waals surface area (Å²) in [6, 6.07) is 7.46. The third-order valence-electron chi connectivity index (χ3n) is 2.35. The summed E-state index contributed by atoms with van der Waals surface area (Å²) in [6.07, 6.45) is 0.927. The van der Waals surface area contributed by atoms with Crippen molar-refractivity contribution in [2.75, 3.05) is 0 Å². The van der Waals surface area contributed by atoms with Crippen molar-refractivity contribution in [3.63, 3.8) is 0 Å². The third kappa shape index (κ3) is 3.05. The number of nitrogens with zero attached hydrogens (tertiary/aromatic N) is 1. The van der Waals surface area contributed by atoms with E-state index < -0.39 is 6.10 Å². The van der Waals surface area contributed by atoms with E-state index in [9.17, 15) is 9.50 Å². The van der Waals surface area contributed by atoms with Crippen LogP contribution in [0.15, 0.2) is 41.0 Å². The largest absolute Gasteiger partial charge is 0.438 e. The maximum atomic E-state index is 13.1. The monoisotopic (exact) mass is 311 g/mol. The Morgan fingerprint density at radius 1 is 1.33 bits per heavy atom. The summed E-state index contributed by atoms with van der Waals surface area (Å²) in [5.74, 6) is 0.254. The van der Waals surface area contributed by atoms with E-state index in [0.29, 0.717) is 21.7 Å². The lowest BCUT2D eigenvalue weighted by Crippen LogP contribution is -1.94. The number of aliphatic hydroxyl groups excluding tert-OH is 1. The van der Waals surface area contributed by atoms with Gasteiger partial charge < -0.3 is 9.84 Å². The van der Waals surface area contributed by atoms with Crippen molar-refractivity contribution in [1.29, 1.82) is 0 Å². The van der Waals surface area contributed by atoms with Crippen molar-refractivity contribution in [2.24, 2.45) is 0 Å². The minimum Gasteiger partial charge on any atom is -0.438 e. The minimum absolute atomic E-state index is 0.305. The fraction of sp³-hybridized carbons (Fsp3) is 0.154. The van der Waals surface area contributed by atoms with E-state index in [2.05, 4.69) is 20.9 Å². The lowest BCUT2D eigenvalue weighted by atomic mass is 10.2. The molecule has 1 aromatic heterocycles. The number of rotatable bonds is 3. The smallest absolute Gasteiger partial charge is 0.219 e. The molecule has 0 saturated heterocycles. The highest BCUT2D eigenvalue weighted by Gasteiger charge is 2.07. The second-order valence-corrected chi connectivity index (χ2v) is 4.63. The molecule has 0 aliphatic heterocycles. The van der Waals surface area contributed by atoms with Crippen LogP contribution in [0, 0.1) is 5.82 Å². The molecule has 0 bridgehead atoms. The quantitative estimate of drug-likeness (QED) is 0.936. The number of ether oxygens (including phenoxy) is 1. The highest BCUT2D eigenvalue weighted by molar-refractivity contribution is 9.10. The van der Waals surface area contributed by atoms with Gasteiger partial charge in [-0.15, -0.1) is 0 Å². The molecule has 1 heterocycles. The summed E-state index contributed by atoms with van der Waals surface area (Å²) in [7, 11) is 0. The fourth-order valence-electron chi connectivity index (χ4n) is 1.41. The maximum absolute atomic E-state index is 13.1. The van der Waals surface area contributed by atoms with Crippen LogP contribution >= 0.6 is 15.9 Å². The van der Waals surface area contributed by atoms with E-state index in [-0.39, 0.29) is 5.82 Å². The predicted molar refractivity (Wildman–Crippen MR) is 69.0 cm³/mol. The van der Waals surface area contributed by atoms with Crippen LogP contribution in [-0.4, -0.2) is 10.1 Å². The SMILES string of the molecule is C[C@H](O)c1ccnc(Oc2cc(F)ccc2Br)c1. The van der Waals surface area contributed by atoms with Gasteiger partial charge in [-0.25, -0.2) is 9.37 Å². The van der Waals surface area contributed by atoms with Crippen LogP contribution in [-0.2, 0) is 0 Å². The van der Waals surface area contributed by atoms with Gasteiger partial charge in [0.2, 0.25) is 5.88 Å². The number of halogens is 2. The van der Waals surface area contributed by atoms with Crippen LogP contribution in [0.3, 0.4) is 0 Å². The van der Waals surface area contributed by atoms with Crippen molar-refractivity contribution in [2.45, 2.75) is 13.0 Å². The highest BCUT2D eigenvalue weighted by Crippen LogP contribution is 2.30. The molecule has 0 spiro atoms. The zero-order valence-electron chi connectivity index (χ0n) is 9.60. The number of aliphatic hydroxyl groups is 1. The van der Waals surface area contributed by atoms with E-state index >= 15 is 0 Å². The molecule has 2 aromatic rings. The van der Waals surface area contributed by atoms with Crippen molar-refractivity contribution < 1.29 is 14.2 Å². The Labute approximate surface area is 112 Å². The van der Waals surface area contributed by atoms with E-state index in [1.807, 2.05) is 0 Å². The zero-order valence-corrected chi connectivity index (χ0v) is 11.2. The average molecular weight is 312 g/mol. The molecule has 1 atom stereocenters. The maximum Gasteiger partial charge on any atom is 0.219 e. The fourth-order valence-corrected chi connectivity index (χ4v) is 1.74. The van der Waals surface area contributed by atoms with E-state index in [1.165, 1.54) is 18.3 Å². The van der Waals surface area contributed by atoms with Crippen molar-refractivity contribution in [1.82, 2.24) is 4.98 Å². The number of benzene rings is 1. The Bertz CT molecular complexity index is 560. The van der Waals surface area contributed by atoms with Crippen molar-refractivity contribution >= 4 is 15.9 Å². The van der Waals surface area contributed by atoms with Gasteiger partial charge in [0.1, 0.15) is 11.6 Å². The molecule has 18 heavy (non-hydrogen) atoms. The molecule has 0 radical (unpaired) electrons. The van der Waals surface area contributed by atoms with Crippen LogP contribution in [0.2, 0.25) is 0 Å². The molecule has 3 nitrogen and oxygen atoms in total. The molecule has 1 aromatic carbocycles. The second kappa shape index (κ2) is 5.46. The Morgan fingerprint density at radius 3 is 2.83 bits per heavy atom. The van der Waals surface area contributed by atoms with Gasteiger partial charge in [0, 0.05) is 18.3 Å². The molecule has 0 aliphatic carbocycles. The number of hydrogen-bond acceptors (Lipinski definition) is 3. The number of pyridine rings is 1. The van der Waals surface area contributed by atoms with Crippen LogP contribution < -0.4 is 4.74 Å². The van der Waals surface area contributed by atoms with Crippen molar-refractivity contribution in [3.05, 3.63) is 52.4 Å². The molecule has 2 rings (SSSR count). The molecule has 94 valence electrons. The van der Waals surface area contributed by atoms with Crippen LogP contribution in [0.25, 0.3) is 0 Å². The Balaban J connectivity index is 2.28. The predicted octanol–water partition coefficient (Wildman–Crippen LogP) is 3.83. The first kappa shape index (κ1) is 13.0. The van der Waals surface area contributed by atoms with Gasteiger partial charge in [0.05, 0.1) is 10.6 Å². The lowest BCUT2D eigenvalue weighted by Gasteiger charge is -2.09. The summed E-state index contributed by atoms with van der Waals surface area (Å²) in [4.78, 5) is 4.01. The molecule has 0 aliphatic rings. The van der Waals surface area contributed by atoms with Gasteiger partial charge in [0.15, 0.2) is 0 Å². The topological polar surface area (TPSA) is 42.4 Å². The molecule has 0 unspecified atom stereocenters. The summed E-state index contributed by atoms with van der Waals surface area (Å²) >= 11 is 3.27. The molecular formula is C13H11BrFNO2. The lowest BCUT2D eigenvalue weighted by molar-refractivity contribution is 0.198. The number of aromatic nitrogens is 1. The molecule has 0 fully saturated rings. The standard InChI is InChI=1S/C13H11BrFNO2/c1-8(17)9-4-5-16-13(6-9)18-12-7-10(15)2-3-11(12)14/h2-8,17H,1H3/t8-/m0/s1. The summed E-state index contributed by atoms with van der Waals surface area (Å²) < 4.78 is 19.2. The Morgan fingerprint density at radius 2 is 2.11 bits per heavy atom. The van der Waals surface area contributed by atoms with Gasteiger partial charge in [-0.2, -0.15) is 0 Å². The Hall–Kier alpha value is -1.46. The van der Waals surface area contributed by atoms with E-state index in [0.717, 1.165) is 0 Å². The normalized spacial score (nSPS) is 12.2. The molecule has 5 heteroatoms. The minimum atomic E-state index is -0.605. The van der Waals surface area contributed by atoms with Crippen molar-refractivity contribution in [3.8, 4) is 11.6 Å². The summed E-state index contributed by atoms with van der Waals surface area (Å²) in [5, 5.41) is 9.46. The molecule has 0 amide bonds. The van der Waals surface area contributed by atoms with E-state index in [1.54, 1.807) is 25.1 Å². The molecule has 1 N–H and O–H groups in total.